The molecule has 21 heavy (non-hydrogen) atoms. The lowest BCUT2D eigenvalue weighted by Gasteiger charge is -2.08. The maximum atomic E-state index is 13.5. The highest BCUT2D eigenvalue weighted by Crippen LogP contribution is 2.30. The maximum Gasteiger partial charge on any atom is 0.293 e. The monoisotopic (exact) mass is 354 g/mol. The third-order valence-electron chi connectivity index (χ3n) is 2.90. The molecule has 2 N–H and O–H groups in total. The van der Waals surface area contributed by atoms with Gasteiger partial charge in [0.2, 0.25) is 0 Å². The molecule has 0 aromatic heterocycles. The zero-order chi connectivity index (χ0) is 15.4. The van der Waals surface area contributed by atoms with Crippen molar-refractivity contribution in [1.29, 1.82) is 0 Å². The molecule has 0 amide bonds. The predicted molar refractivity (Wildman–Crippen MR) is 81.1 cm³/mol. The summed E-state index contributed by atoms with van der Waals surface area (Å²) >= 11 is 2.93. The van der Waals surface area contributed by atoms with Gasteiger partial charge in [0, 0.05) is 18.7 Å². The van der Waals surface area contributed by atoms with Crippen LogP contribution in [0.4, 0.5) is 15.8 Å². The fraction of sp³-hybridized carbons (Fsp3) is 0.143. The summed E-state index contributed by atoms with van der Waals surface area (Å²) in [6.07, 6.45) is 0.592. The summed E-state index contributed by atoms with van der Waals surface area (Å²) in [5, 5.41) is 23.0. The second-order valence-electron chi connectivity index (χ2n) is 4.38. The average Bonchev–Trinajstić information content (AvgIpc) is 2.44. The van der Waals surface area contributed by atoms with Gasteiger partial charge in [0.25, 0.3) is 5.69 Å². The summed E-state index contributed by atoms with van der Waals surface area (Å²) in [7, 11) is 0. The molecule has 0 spiro atoms. The predicted octanol–water partition coefficient (Wildman–Crippen LogP) is 3.86. The fourth-order valence-electron chi connectivity index (χ4n) is 1.83. The summed E-state index contributed by atoms with van der Waals surface area (Å²) in [6.45, 7) is 0.409. The molecule has 0 atom stereocenters. The molecule has 0 aliphatic carbocycles. The van der Waals surface area contributed by atoms with E-state index in [1.165, 1.54) is 0 Å². The van der Waals surface area contributed by atoms with Crippen molar-refractivity contribution in [1.82, 2.24) is 0 Å². The van der Waals surface area contributed by atoms with Gasteiger partial charge in [-0.1, -0.05) is 12.1 Å². The van der Waals surface area contributed by atoms with Gasteiger partial charge in [-0.05, 0) is 40.0 Å². The molecule has 0 fully saturated rings. The number of nitro benzene ring substituents is 1. The summed E-state index contributed by atoms with van der Waals surface area (Å²) in [5.74, 6) is -0.384. The zero-order valence-corrected chi connectivity index (χ0v) is 12.4. The van der Waals surface area contributed by atoms with Crippen LogP contribution < -0.4 is 5.32 Å². The number of rotatable bonds is 5. The van der Waals surface area contributed by atoms with Crippen LogP contribution in [0.3, 0.4) is 0 Å². The molecule has 2 aromatic carbocycles. The van der Waals surface area contributed by atoms with Gasteiger partial charge < -0.3 is 10.4 Å². The Morgan fingerprint density at radius 2 is 1.95 bits per heavy atom. The van der Waals surface area contributed by atoms with Gasteiger partial charge in [-0.3, -0.25) is 10.1 Å². The molecule has 0 saturated heterocycles. The summed E-state index contributed by atoms with van der Waals surface area (Å²) in [4.78, 5) is 10.4. The van der Waals surface area contributed by atoms with Gasteiger partial charge in [-0.2, -0.15) is 0 Å². The van der Waals surface area contributed by atoms with E-state index in [9.17, 15) is 19.6 Å². The number of aromatic hydroxyl groups is 1. The number of nitro groups is 1. The van der Waals surface area contributed by atoms with Gasteiger partial charge >= 0.3 is 0 Å². The van der Waals surface area contributed by atoms with Gasteiger partial charge in [0.05, 0.1) is 9.40 Å². The molecule has 110 valence electrons. The molecule has 2 rings (SSSR count). The van der Waals surface area contributed by atoms with Crippen LogP contribution in [-0.2, 0) is 6.42 Å². The average molecular weight is 355 g/mol. The van der Waals surface area contributed by atoms with E-state index >= 15 is 0 Å². The zero-order valence-electron chi connectivity index (χ0n) is 10.8. The maximum absolute atomic E-state index is 13.5. The highest BCUT2D eigenvalue weighted by molar-refractivity contribution is 9.10. The van der Waals surface area contributed by atoms with E-state index in [1.54, 1.807) is 24.3 Å². The van der Waals surface area contributed by atoms with Crippen molar-refractivity contribution in [3.05, 3.63) is 62.4 Å². The molecule has 0 radical (unpaired) electrons. The second-order valence-corrected chi connectivity index (χ2v) is 5.24. The number of hydrogen-bond acceptors (Lipinski definition) is 4. The van der Waals surface area contributed by atoms with Crippen LogP contribution in [0.1, 0.15) is 5.56 Å². The van der Waals surface area contributed by atoms with Crippen LogP contribution in [0.15, 0.2) is 40.9 Å². The lowest BCUT2D eigenvalue weighted by Crippen LogP contribution is -2.07. The largest absolute Gasteiger partial charge is 0.508 e. The van der Waals surface area contributed by atoms with Gasteiger partial charge in [0.15, 0.2) is 0 Å². The van der Waals surface area contributed by atoms with Gasteiger partial charge in [-0.25, -0.2) is 4.39 Å². The Labute approximate surface area is 128 Å². The Morgan fingerprint density at radius 3 is 2.57 bits per heavy atom. The summed E-state index contributed by atoms with van der Waals surface area (Å²) in [6, 6.07) is 8.88. The summed E-state index contributed by atoms with van der Waals surface area (Å²) < 4.78 is 13.5. The molecule has 7 heteroatoms. The SMILES string of the molecule is O=[N+]([O-])c1cc(Br)c(F)cc1NCCc1ccc(O)cc1. The normalized spacial score (nSPS) is 10.4. The number of halogens is 2. The first-order chi connectivity index (χ1) is 9.97. The lowest BCUT2D eigenvalue weighted by atomic mass is 10.1. The Bertz CT molecular complexity index is 662. The Kier molecular flexibility index (Phi) is 4.74. The second kappa shape index (κ2) is 6.53. The first-order valence-electron chi connectivity index (χ1n) is 6.12. The van der Waals surface area contributed by atoms with Crippen LogP contribution >= 0.6 is 15.9 Å². The van der Waals surface area contributed by atoms with E-state index in [0.29, 0.717) is 13.0 Å². The standard InChI is InChI=1S/C14H12BrFN2O3/c15-11-7-14(18(20)21)13(8-12(11)16)17-6-5-9-1-3-10(19)4-2-9/h1-4,7-8,17,19H,5-6H2. The fourth-order valence-corrected chi connectivity index (χ4v) is 2.16. The van der Waals surface area contributed by atoms with Crippen molar-refractivity contribution in [2.75, 3.05) is 11.9 Å². The first-order valence-corrected chi connectivity index (χ1v) is 6.92. The number of nitrogens with zero attached hydrogens (tertiary/aromatic N) is 1. The van der Waals surface area contributed by atoms with Crippen molar-refractivity contribution in [3.63, 3.8) is 0 Å². The third-order valence-corrected chi connectivity index (χ3v) is 3.51. The summed E-state index contributed by atoms with van der Waals surface area (Å²) in [5.41, 5.74) is 0.911. The van der Waals surface area contributed by atoms with E-state index in [2.05, 4.69) is 21.2 Å². The van der Waals surface area contributed by atoms with Crippen molar-refractivity contribution in [3.8, 4) is 5.75 Å². The van der Waals surface area contributed by atoms with Crippen molar-refractivity contribution < 1.29 is 14.4 Å². The smallest absolute Gasteiger partial charge is 0.293 e. The van der Waals surface area contributed by atoms with Gasteiger partial charge in [0.1, 0.15) is 17.3 Å². The number of hydrogen-bond donors (Lipinski definition) is 2. The Morgan fingerprint density at radius 1 is 1.29 bits per heavy atom. The molecule has 0 saturated carbocycles. The van der Waals surface area contributed by atoms with E-state index in [-0.39, 0.29) is 21.6 Å². The van der Waals surface area contributed by atoms with E-state index in [1.807, 2.05) is 0 Å². The van der Waals surface area contributed by atoms with Crippen LogP contribution in [0, 0.1) is 15.9 Å². The molecule has 0 heterocycles. The number of phenols is 1. The van der Waals surface area contributed by atoms with E-state index in [4.69, 9.17) is 0 Å². The lowest BCUT2D eigenvalue weighted by molar-refractivity contribution is -0.384. The number of benzene rings is 2. The van der Waals surface area contributed by atoms with E-state index < -0.39 is 10.7 Å². The van der Waals surface area contributed by atoms with Crippen LogP contribution in [-0.4, -0.2) is 16.6 Å². The minimum absolute atomic E-state index is 0.0540. The Balaban J connectivity index is 2.07. The first kappa shape index (κ1) is 15.2. The third kappa shape index (κ3) is 3.91. The number of nitrogens with one attached hydrogen (secondary N) is 1. The van der Waals surface area contributed by atoms with Crippen LogP contribution in [0.2, 0.25) is 0 Å². The number of anilines is 1. The molecule has 0 aliphatic heterocycles. The minimum Gasteiger partial charge on any atom is -0.508 e. The highest BCUT2D eigenvalue weighted by atomic mass is 79.9. The molecule has 2 aromatic rings. The van der Waals surface area contributed by atoms with Crippen molar-refractivity contribution >= 4 is 27.3 Å². The molecule has 0 unspecified atom stereocenters. The van der Waals surface area contributed by atoms with Crippen molar-refractivity contribution in [2.24, 2.45) is 0 Å². The molecule has 5 nitrogen and oxygen atoms in total. The highest BCUT2D eigenvalue weighted by Gasteiger charge is 2.17. The van der Waals surface area contributed by atoms with Crippen LogP contribution in [0.5, 0.6) is 5.75 Å². The quantitative estimate of drug-likeness (QED) is 0.631. The molecular weight excluding hydrogens is 343 g/mol. The molecular formula is C14H12BrFN2O3. The molecule has 0 aliphatic rings. The number of phenolic OH excluding ortho intramolecular Hbond substituents is 1. The minimum atomic E-state index is -0.562. The topological polar surface area (TPSA) is 75.4 Å². The molecule has 0 bridgehead atoms. The van der Waals surface area contributed by atoms with E-state index in [0.717, 1.165) is 17.7 Å². The van der Waals surface area contributed by atoms with Crippen LogP contribution in [0.25, 0.3) is 0 Å². The van der Waals surface area contributed by atoms with Crippen molar-refractivity contribution in [2.45, 2.75) is 6.42 Å². The Hall–Kier alpha value is -2.15. The van der Waals surface area contributed by atoms with Gasteiger partial charge in [-0.15, -0.1) is 0 Å².